The Kier molecular flexibility index (Phi) is 3.97. The minimum absolute atomic E-state index is 0.183. The van der Waals surface area contributed by atoms with Crippen LogP contribution >= 0.6 is 0 Å². The van der Waals surface area contributed by atoms with E-state index in [1.807, 2.05) is 34.6 Å². The highest BCUT2D eigenvalue weighted by Gasteiger charge is 2.53. The average Bonchev–Trinajstić information content (AvgIpc) is 2.55. The molecule has 1 saturated heterocycles. The number of hydrogen-bond acceptors (Lipinski definition) is 4. The van der Waals surface area contributed by atoms with Crippen molar-refractivity contribution in [3.8, 4) is 11.5 Å². The van der Waals surface area contributed by atoms with Crippen molar-refractivity contribution in [2.75, 3.05) is 0 Å². The monoisotopic (exact) mass is 296 g/mol. The molecule has 0 atom stereocenters. The van der Waals surface area contributed by atoms with Crippen molar-refractivity contribution >= 4 is 12.6 Å². The molecule has 2 rings (SSSR count). The zero-order chi connectivity index (χ0) is 16.0. The summed E-state index contributed by atoms with van der Waals surface area (Å²) in [5.41, 5.74) is -0.548. The zero-order valence-corrected chi connectivity index (χ0v) is 13.2. The Morgan fingerprint density at radius 3 is 2.14 bits per heavy atom. The molecule has 2 N–H and O–H groups in total. The van der Waals surface area contributed by atoms with Gasteiger partial charge < -0.3 is 19.5 Å². The molecule has 21 heavy (non-hydrogen) atoms. The van der Waals surface area contributed by atoms with E-state index < -0.39 is 29.9 Å². The molecule has 0 amide bonds. The summed E-state index contributed by atoms with van der Waals surface area (Å²) in [7, 11) is -0.904. The lowest BCUT2D eigenvalue weighted by molar-refractivity contribution is 0.00578. The normalized spacial score (nSPS) is 20.0. The standard InChI is InChI=1S/C15H22BFO4/c1-6-7-9-11(18)8-10(17)13(19)12(9)16-20-14(2,3)15(4,5)21-16/h8,18-19H,6-7H2,1-5H3. The summed E-state index contributed by atoms with van der Waals surface area (Å²) in [5.74, 6) is -1.58. The van der Waals surface area contributed by atoms with E-state index in [0.29, 0.717) is 12.0 Å². The van der Waals surface area contributed by atoms with Gasteiger partial charge in [-0.3, -0.25) is 0 Å². The molecule has 0 bridgehead atoms. The molecular formula is C15H22BFO4. The number of phenolic OH excluding ortho intramolecular Hbond substituents is 2. The molecule has 0 aromatic heterocycles. The Morgan fingerprint density at radius 2 is 1.67 bits per heavy atom. The molecule has 0 saturated carbocycles. The fourth-order valence-corrected chi connectivity index (χ4v) is 2.41. The summed E-state index contributed by atoms with van der Waals surface area (Å²) in [6, 6.07) is 0.926. The maximum Gasteiger partial charge on any atom is 0.499 e. The SMILES string of the molecule is CCCc1c(O)cc(F)c(O)c1B1OC(C)(C)C(C)(C)O1. The molecule has 1 aromatic carbocycles. The van der Waals surface area contributed by atoms with Gasteiger partial charge >= 0.3 is 7.12 Å². The van der Waals surface area contributed by atoms with Crippen LogP contribution in [0.3, 0.4) is 0 Å². The van der Waals surface area contributed by atoms with Crippen LogP contribution in [0.25, 0.3) is 0 Å². The van der Waals surface area contributed by atoms with Crippen LogP contribution in [0, 0.1) is 5.82 Å². The van der Waals surface area contributed by atoms with Crippen LogP contribution in [0.2, 0.25) is 0 Å². The Balaban J connectivity index is 2.54. The molecule has 0 unspecified atom stereocenters. The first kappa shape index (κ1) is 16.1. The van der Waals surface area contributed by atoms with E-state index in [-0.39, 0.29) is 11.2 Å². The Morgan fingerprint density at radius 1 is 1.14 bits per heavy atom. The largest absolute Gasteiger partial charge is 0.508 e. The minimum Gasteiger partial charge on any atom is -0.508 e. The van der Waals surface area contributed by atoms with Gasteiger partial charge in [0.1, 0.15) is 5.75 Å². The first-order valence-corrected chi connectivity index (χ1v) is 7.19. The van der Waals surface area contributed by atoms with Crippen LogP contribution in [0.15, 0.2) is 6.07 Å². The van der Waals surface area contributed by atoms with Crippen LogP contribution < -0.4 is 5.46 Å². The van der Waals surface area contributed by atoms with E-state index in [1.54, 1.807) is 0 Å². The summed E-state index contributed by atoms with van der Waals surface area (Å²) in [6.07, 6.45) is 1.24. The smallest absolute Gasteiger partial charge is 0.499 e. The molecule has 1 fully saturated rings. The van der Waals surface area contributed by atoms with Crippen LogP contribution in [0.5, 0.6) is 11.5 Å². The Hall–Kier alpha value is -1.27. The maximum absolute atomic E-state index is 13.8. The van der Waals surface area contributed by atoms with Gasteiger partial charge in [0, 0.05) is 11.5 Å². The molecule has 1 aliphatic rings. The van der Waals surface area contributed by atoms with Crippen molar-refractivity contribution in [1.82, 2.24) is 0 Å². The predicted molar refractivity (Wildman–Crippen MR) is 79.4 cm³/mol. The van der Waals surface area contributed by atoms with Crippen molar-refractivity contribution in [1.29, 1.82) is 0 Å². The molecule has 116 valence electrons. The third kappa shape index (κ3) is 2.62. The average molecular weight is 296 g/mol. The van der Waals surface area contributed by atoms with E-state index >= 15 is 0 Å². The lowest BCUT2D eigenvalue weighted by Gasteiger charge is -2.32. The first-order chi connectivity index (χ1) is 9.60. The molecule has 0 aliphatic carbocycles. The second kappa shape index (κ2) is 5.18. The van der Waals surface area contributed by atoms with Crippen molar-refractivity contribution in [3.05, 3.63) is 17.4 Å². The van der Waals surface area contributed by atoms with Crippen molar-refractivity contribution in [2.24, 2.45) is 0 Å². The fourth-order valence-electron chi connectivity index (χ4n) is 2.41. The summed E-state index contributed by atoms with van der Waals surface area (Å²) in [5, 5.41) is 20.1. The van der Waals surface area contributed by atoms with E-state index in [0.717, 1.165) is 12.5 Å². The van der Waals surface area contributed by atoms with Gasteiger partial charge in [-0.05, 0) is 39.7 Å². The zero-order valence-electron chi connectivity index (χ0n) is 13.2. The van der Waals surface area contributed by atoms with Crippen LogP contribution in [-0.4, -0.2) is 28.5 Å². The summed E-state index contributed by atoms with van der Waals surface area (Å²) in [4.78, 5) is 0. The van der Waals surface area contributed by atoms with Gasteiger partial charge in [-0.2, -0.15) is 0 Å². The number of aromatic hydroxyl groups is 2. The summed E-state index contributed by atoms with van der Waals surface area (Å²) in [6.45, 7) is 9.45. The Labute approximate surface area is 125 Å². The van der Waals surface area contributed by atoms with Crippen molar-refractivity contribution in [2.45, 2.75) is 58.7 Å². The van der Waals surface area contributed by atoms with Crippen LogP contribution in [0.4, 0.5) is 4.39 Å². The minimum atomic E-state index is -0.904. The second-order valence-electron chi connectivity index (χ2n) is 6.46. The molecule has 1 aliphatic heterocycles. The molecule has 6 heteroatoms. The quantitative estimate of drug-likeness (QED) is 0.664. The molecule has 0 spiro atoms. The maximum atomic E-state index is 13.8. The van der Waals surface area contributed by atoms with E-state index in [1.165, 1.54) is 0 Å². The third-order valence-corrected chi connectivity index (χ3v) is 4.37. The van der Waals surface area contributed by atoms with Gasteiger partial charge in [0.05, 0.1) is 11.2 Å². The van der Waals surface area contributed by atoms with Crippen LogP contribution in [0.1, 0.15) is 46.6 Å². The van der Waals surface area contributed by atoms with Crippen molar-refractivity contribution in [3.63, 3.8) is 0 Å². The number of hydrogen-bond donors (Lipinski definition) is 2. The fraction of sp³-hybridized carbons (Fsp3) is 0.600. The van der Waals surface area contributed by atoms with Gasteiger partial charge in [0.2, 0.25) is 0 Å². The van der Waals surface area contributed by atoms with Crippen molar-refractivity contribution < 1.29 is 23.9 Å². The van der Waals surface area contributed by atoms with Gasteiger partial charge in [-0.15, -0.1) is 0 Å². The topological polar surface area (TPSA) is 58.9 Å². The van der Waals surface area contributed by atoms with Crippen LogP contribution in [-0.2, 0) is 15.7 Å². The van der Waals surface area contributed by atoms with Gasteiger partial charge in [0.25, 0.3) is 0 Å². The number of halogens is 1. The lowest BCUT2D eigenvalue weighted by atomic mass is 9.74. The molecule has 0 radical (unpaired) electrons. The number of benzene rings is 1. The summed E-state index contributed by atoms with van der Waals surface area (Å²) >= 11 is 0. The van der Waals surface area contributed by atoms with Gasteiger partial charge in [0.15, 0.2) is 11.6 Å². The predicted octanol–water partition coefficient (Wildman–Crippen LogP) is 2.49. The van der Waals surface area contributed by atoms with E-state index in [9.17, 15) is 14.6 Å². The van der Waals surface area contributed by atoms with E-state index in [2.05, 4.69) is 0 Å². The van der Waals surface area contributed by atoms with E-state index in [4.69, 9.17) is 9.31 Å². The number of phenols is 2. The first-order valence-electron chi connectivity index (χ1n) is 7.19. The lowest BCUT2D eigenvalue weighted by Crippen LogP contribution is -2.41. The third-order valence-electron chi connectivity index (χ3n) is 4.37. The van der Waals surface area contributed by atoms with Gasteiger partial charge in [-0.25, -0.2) is 4.39 Å². The van der Waals surface area contributed by atoms with Gasteiger partial charge in [-0.1, -0.05) is 13.3 Å². The highest BCUT2D eigenvalue weighted by Crippen LogP contribution is 2.38. The molecule has 4 nitrogen and oxygen atoms in total. The molecule has 1 aromatic rings. The Bertz CT molecular complexity index is 541. The molecule has 1 heterocycles. The highest BCUT2D eigenvalue weighted by molar-refractivity contribution is 6.63. The number of rotatable bonds is 3. The summed E-state index contributed by atoms with van der Waals surface area (Å²) < 4.78 is 25.5. The highest BCUT2D eigenvalue weighted by atomic mass is 19.1. The molecular weight excluding hydrogens is 274 g/mol. The second-order valence-corrected chi connectivity index (χ2v) is 6.46.